The van der Waals surface area contributed by atoms with Crippen LogP contribution >= 0.6 is 14.5 Å². The van der Waals surface area contributed by atoms with E-state index >= 15 is 0 Å². The zero-order valence-corrected chi connectivity index (χ0v) is 23.6. The van der Waals surface area contributed by atoms with Gasteiger partial charge in [-0.3, -0.25) is 4.52 Å². The number of terminal acetylenes is 1. The van der Waals surface area contributed by atoms with E-state index in [-0.39, 0.29) is 17.2 Å². The Kier molecular flexibility index (Phi) is 9.72. The average Bonchev–Trinajstić information content (AvgIpc) is 3.46. The number of fused-ring (bicyclic) bond motifs is 1. The van der Waals surface area contributed by atoms with Crippen LogP contribution in [0.4, 0.5) is 5.82 Å². The summed E-state index contributed by atoms with van der Waals surface area (Å²) in [6.45, 7) is -6.56. The lowest BCUT2D eigenvalue weighted by Crippen LogP contribution is -2.61. The van der Waals surface area contributed by atoms with Gasteiger partial charge >= 0.3 is 14.5 Å². The SMILES string of the molecule is C#C[C@@]1(O)[C@H](O)[C@@H](COP(O)(=S)OP(=O)(O)OC2OC([C@@H](O)CO)C(O)C(O)C2O)O[C@H]1c1cnc2c(N)ncnn12. The van der Waals surface area contributed by atoms with Gasteiger partial charge in [-0.1, -0.05) is 5.92 Å². The smallest absolute Gasteiger partial charge is 0.394 e. The van der Waals surface area contributed by atoms with E-state index < -0.39 is 88.5 Å². The van der Waals surface area contributed by atoms with Crippen molar-refractivity contribution in [2.45, 2.75) is 60.7 Å². The van der Waals surface area contributed by atoms with E-state index in [9.17, 15) is 45.0 Å². The van der Waals surface area contributed by atoms with Crippen molar-refractivity contribution >= 4 is 37.8 Å². The van der Waals surface area contributed by atoms with Crippen molar-refractivity contribution in [3.63, 3.8) is 0 Å². The third kappa shape index (κ3) is 6.37. The number of nitrogen functional groups attached to an aromatic ring is 1. The fraction of sp³-hybridized carbons (Fsp3) is 0.632. The zero-order valence-electron chi connectivity index (χ0n) is 21.0. The summed E-state index contributed by atoms with van der Waals surface area (Å²) in [5.41, 5.74) is 3.51. The van der Waals surface area contributed by atoms with Crippen LogP contribution in [0.2, 0.25) is 0 Å². The summed E-state index contributed by atoms with van der Waals surface area (Å²) < 4.78 is 38.5. The van der Waals surface area contributed by atoms with Crippen molar-refractivity contribution in [2.24, 2.45) is 0 Å². The Hall–Kier alpha value is -1.77. The highest BCUT2D eigenvalue weighted by atomic mass is 32.5. The number of aliphatic hydroxyl groups excluding tert-OH is 6. The first-order valence-electron chi connectivity index (χ1n) is 11.7. The standard InChI is InChI=1S/C19H27N5O15P2S/c1-2-19(31)14(30)9(36-15(19)7-3-21-17-16(20)22-6-23-24(7)17)5-35-41(34,42)39-40(32,33)38-18-12(29)10(27)11(28)13(37-18)8(26)4-25/h1,3,6,8-15,18,25-31H,4-5H2,(H,32,33)(H,34,42)(H2,20,22,23)/t8-,9+,10?,11?,12?,13?,14+,15-,18?,19+,41?/m0/s1. The van der Waals surface area contributed by atoms with Gasteiger partial charge in [0.15, 0.2) is 23.4 Å². The number of aromatic nitrogens is 4. The van der Waals surface area contributed by atoms with E-state index in [1.165, 1.54) is 6.20 Å². The predicted octanol–water partition coefficient (Wildman–Crippen LogP) is -4.60. The fourth-order valence-electron chi connectivity index (χ4n) is 4.26. The maximum Gasteiger partial charge on any atom is 0.481 e. The number of hydrogen-bond donors (Lipinski definition) is 10. The van der Waals surface area contributed by atoms with Crippen LogP contribution in [0.1, 0.15) is 11.8 Å². The van der Waals surface area contributed by atoms with Gasteiger partial charge in [0.2, 0.25) is 0 Å². The molecule has 0 radical (unpaired) electrons. The molecular weight excluding hydrogens is 632 g/mol. The molecule has 2 saturated heterocycles. The average molecular weight is 659 g/mol. The summed E-state index contributed by atoms with van der Waals surface area (Å²) in [5.74, 6) is 2.02. The van der Waals surface area contributed by atoms with Crippen molar-refractivity contribution in [1.82, 2.24) is 19.6 Å². The number of nitrogens with zero attached hydrogens (tertiary/aromatic N) is 4. The number of ether oxygens (including phenoxy) is 2. The van der Waals surface area contributed by atoms with Gasteiger partial charge < -0.3 is 65.3 Å². The normalized spacial score (nSPS) is 37.1. The van der Waals surface area contributed by atoms with Crippen LogP contribution in [0, 0.1) is 12.3 Å². The molecule has 2 aromatic rings. The molecule has 2 aromatic heterocycles. The predicted molar refractivity (Wildman–Crippen MR) is 137 cm³/mol. The molecular formula is C19H27N5O15P2S. The maximum absolute atomic E-state index is 12.6. The van der Waals surface area contributed by atoms with E-state index in [1.54, 1.807) is 0 Å². The van der Waals surface area contributed by atoms with Crippen LogP contribution in [-0.2, 0) is 39.2 Å². The molecule has 2 aliphatic rings. The van der Waals surface area contributed by atoms with Crippen LogP contribution in [0.3, 0.4) is 0 Å². The molecule has 2 fully saturated rings. The van der Waals surface area contributed by atoms with Gasteiger partial charge in [0, 0.05) is 0 Å². The summed E-state index contributed by atoms with van der Waals surface area (Å²) >= 11 is 4.72. The molecule has 7 unspecified atom stereocenters. The van der Waals surface area contributed by atoms with Crippen molar-refractivity contribution < 1.29 is 72.9 Å². The number of rotatable bonds is 10. The minimum Gasteiger partial charge on any atom is -0.394 e. The molecule has 11 N–H and O–H groups in total. The molecule has 12 atom stereocenters. The highest BCUT2D eigenvalue weighted by Crippen LogP contribution is 2.62. The van der Waals surface area contributed by atoms with Gasteiger partial charge in [0.05, 0.1) is 25.1 Å². The van der Waals surface area contributed by atoms with Crippen LogP contribution in [-0.4, -0.2) is 133 Å². The van der Waals surface area contributed by atoms with Crippen LogP contribution < -0.4 is 5.73 Å². The molecule has 0 aliphatic carbocycles. The third-order valence-corrected chi connectivity index (χ3v) is 9.91. The Balaban J connectivity index is 1.44. The monoisotopic (exact) mass is 659 g/mol. The van der Waals surface area contributed by atoms with Gasteiger partial charge in [-0.15, -0.1) is 6.42 Å². The molecule has 0 amide bonds. The Morgan fingerprint density at radius 1 is 1.21 bits per heavy atom. The van der Waals surface area contributed by atoms with Gasteiger partial charge in [-0.2, -0.15) is 5.10 Å². The van der Waals surface area contributed by atoms with E-state index in [0.29, 0.717) is 0 Å². The minimum absolute atomic E-state index is 0.00960. The summed E-state index contributed by atoms with van der Waals surface area (Å²) in [5, 5.41) is 74.5. The quantitative estimate of drug-likeness (QED) is 0.0847. The highest BCUT2D eigenvalue weighted by molar-refractivity contribution is 8.08. The molecule has 0 spiro atoms. The van der Waals surface area contributed by atoms with Gasteiger partial charge in [0.25, 0.3) is 0 Å². The molecule has 4 rings (SSSR count). The lowest BCUT2D eigenvalue weighted by Gasteiger charge is -2.41. The van der Waals surface area contributed by atoms with E-state index in [1.807, 2.05) is 5.92 Å². The molecule has 2 aliphatic heterocycles. The second-order valence-corrected chi connectivity index (χ2v) is 13.5. The van der Waals surface area contributed by atoms with Crippen molar-refractivity contribution in [3.05, 3.63) is 18.2 Å². The van der Waals surface area contributed by atoms with Crippen LogP contribution in [0.25, 0.3) is 5.65 Å². The number of hydrogen-bond acceptors (Lipinski definition) is 18. The third-order valence-electron chi connectivity index (χ3n) is 6.39. The molecule has 42 heavy (non-hydrogen) atoms. The van der Waals surface area contributed by atoms with Crippen molar-refractivity contribution in [3.8, 4) is 12.3 Å². The number of anilines is 1. The van der Waals surface area contributed by atoms with E-state index in [2.05, 4.69) is 23.9 Å². The van der Waals surface area contributed by atoms with Gasteiger partial charge in [0.1, 0.15) is 55.2 Å². The number of aliphatic hydroxyl groups is 7. The molecule has 0 saturated carbocycles. The lowest BCUT2D eigenvalue weighted by molar-refractivity contribution is -0.292. The van der Waals surface area contributed by atoms with Crippen LogP contribution in [0.5, 0.6) is 0 Å². The largest absolute Gasteiger partial charge is 0.481 e. The molecule has 0 bridgehead atoms. The Bertz CT molecular complexity index is 1430. The number of nitrogens with two attached hydrogens (primary N) is 1. The fourth-order valence-corrected chi connectivity index (χ4v) is 7.36. The van der Waals surface area contributed by atoms with Crippen LogP contribution in [0.15, 0.2) is 12.5 Å². The summed E-state index contributed by atoms with van der Waals surface area (Å²) in [4.78, 5) is 28.3. The van der Waals surface area contributed by atoms with E-state index in [0.717, 1.165) is 10.8 Å². The first-order chi connectivity index (χ1) is 19.5. The van der Waals surface area contributed by atoms with Gasteiger partial charge in [-0.05, 0) is 11.8 Å². The van der Waals surface area contributed by atoms with Crippen molar-refractivity contribution in [2.75, 3.05) is 18.9 Å². The van der Waals surface area contributed by atoms with E-state index in [4.69, 9.17) is 43.1 Å². The second kappa shape index (κ2) is 12.3. The number of phosphoric acid groups is 1. The molecule has 23 heteroatoms. The Labute approximate surface area is 240 Å². The minimum atomic E-state index is -5.50. The maximum atomic E-state index is 12.6. The molecule has 234 valence electrons. The van der Waals surface area contributed by atoms with Crippen molar-refractivity contribution in [1.29, 1.82) is 0 Å². The summed E-state index contributed by atoms with van der Waals surface area (Å²) in [7, 11) is -5.50. The lowest BCUT2D eigenvalue weighted by atomic mass is 9.90. The first-order valence-corrected chi connectivity index (χ1v) is 15.8. The Morgan fingerprint density at radius 3 is 2.55 bits per heavy atom. The molecule has 20 nitrogen and oxygen atoms in total. The number of phosphoric ester groups is 1. The summed E-state index contributed by atoms with van der Waals surface area (Å²) in [6.07, 6.45) is -9.04. The molecule has 0 aromatic carbocycles. The first kappa shape index (κ1) is 33.1. The highest BCUT2D eigenvalue weighted by Gasteiger charge is 2.57. The zero-order chi connectivity index (χ0) is 31.2. The summed E-state index contributed by atoms with van der Waals surface area (Å²) in [6, 6.07) is 0. The van der Waals surface area contributed by atoms with Gasteiger partial charge in [-0.25, -0.2) is 23.4 Å². The second-order valence-electron chi connectivity index (χ2n) is 9.14. The number of imidazole rings is 1. The Morgan fingerprint density at radius 2 is 1.90 bits per heavy atom. The molecule has 4 heterocycles. The topological polar surface area (TPSA) is 314 Å².